The Balaban J connectivity index is 1.58. The molecule has 0 saturated carbocycles. The van der Waals surface area contributed by atoms with Crippen LogP contribution in [-0.4, -0.2) is 24.7 Å². The third kappa shape index (κ3) is 5.34. The first-order valence-corrected chi connectivity index (χ1v) is 12.1. The van der Waals surface area contributed by atoms with Gasteiger partial charge in [-0.25, -0.2) is 4.90 Å². The lowest BCUT2D eigenvalue weighted by atomic mass is 10.1. The van der Waals surface area contributed by atoms with Gasteiger partial charge in [-0.1, -0.05) is 18.2 Å². The van der Waals surface area contributed by atoms with Gasteiger partial charge in [-0.05, 0) is 102 Å². The predicted octanol–water partition coefficient (Wildman–Crippen LogP) is 5.54. The Bertz CT molecular complexity index is 1240. The number of thiocarbonyl (C=S) groups is 1. The summed E-state index contributed by atoms with van der Waals surface area (Å²) >= 11 is 7.72. The maximum absolute atomic E-state index is 13.2. The normalized spacial score (nSPS) is 14.3. The third-order valence-electron chi connectivity index (χ3n) is 5.11. The van der Waals surface area contributed by atoms with Gasteiger partial charge in [0.15, 0.2) is 5.11 Å². The van der Waals surface area contributed by atoms with Crippen LogP contribution < -0.4 is 24.4 Å². The molecule has 1 aliphatic heterocycles. The van der Waals surface area contributed by atoms with Gasteiger partial charge in [0.25, 0.3) is 5.91 Å². The number of para-hydroxylation sites is 2. The largest absolute Gasteiger partial charge is 0.496 e. The Morgan fingerprint density at radius 2 is 1.79 bits per heavy atom. The van der Waals surface area contributed by atoms with Crippen LogP contribution in [0, 0.1) is 3.57 Å². The zero-order chi connectivity index (χ0) is 24.1. The first-order valence-electron chi connectivity index (χ1n) is 10.6. The average Bonchev–Trinajstić information content (AvgIpc) is 3.12. The van der Waals surface area contributed by atoms with E-state index in [-0.39, 0.29) is 5.91 Å². The van der Waals surface area contributed by atoms with E-state index in [9.17, 15) is 4.79 Å². The van der Waals surface area contributed by atoms with E-state index in [1.54, 1.807) is 13.2 Å². The molecule has 0 unspecified atom stereocenters. The van der Waals surface area contributed by atoms with Crippen molar-refractivity contribution in [2.75, 3.05) is 18.6 Å². The second-order valence-corrected chi connectivity index (χ2v) is 8.98. The van der Waals surface area contributed by atoms with Crippen molar-refractivity contribution in [1.29, 1.82) is 0 Å². The summed E-state index contributed by atoms with van der Waals surface area (Å²) in [6, 6.07) is 20.9. The van der Waals surface area contributed by atoms with Gasteiger partial charge in [0.2, 0.25) is 0 Å². The van der Waals surface area contributed by atoms with Crippen molar-refractivity contribution in [2.45, 2.75) is 13.5 Å². The number of ether oxygens (including phenoxy) is 3. The molecule has 0 atom stereocenters. The summed E-state index contributed by atoms with van der Waals surface area (Å²) in [7, 11) is 1.62. The van der Waals surface area contributed by atoms with Crippen molar-refractivity contribution in [1.82, 2.24) is 5.32 Å². The van der Waals surface area contributed by atoms with Crippen LogP contribution in [0.3, 0.4) is 0 Å². The summed E-state index contributed by atoms with van der Waals surface area (Å²) in [5.41, 5.74) is 2.67. The lowest BCUT2D eigenvalue weighted by Gasteiger charge is -2.18. The number of nitrogens with zero attached hydrogens (tertiary/aromatic N) is 1. The van der Waals surface area contributed by atoms with E-state index in [4.69, 9.17) is 26.4 Å². The van der Waals surface area contributed by atoms with Gasteiger partial charge in [-0.3, -0.25) is 4.79 Å². The van der Waals surface area contributed by atoms with Crippen LogP contribution in [-0.2, 0) is 11.4 Å². The summed E-state index contributed by atoms with van der Waals surface area (Å²) in [6.07, 6.45) is 1.77. The zero-order valence-electron chi connectivity index (χ0n) is 18.7. The lowest BCUT2D eigenvalue weighted by molar-refractivity contribution is -0.113. The minimum atomic E-state index is -0.246. The molecule has 6 nitrogen and oxygen atoms in total. The third-order valence-corrected chi connectivity index (χ3v) is 6.11. The van der Waals surface area contributed by atoms with Gasteiger partial charge in [0, 0.05) is 9.13 Å². The maximum atomic E-state index is 13.2. The minimum Gasteiger partial charge on any atom is -0.496 e. The Kier molecular flexibility index (Phi) is 7.69. The number of methoxy groups -OCH3 is 1. The fourth-order valence-electron chi connectivity index (χ4n) is 3.53. The van der Waals surface area contributed by atoms with Crippen molar-refractivity contribution in [3.63, 3.8) is 0 Å². The first kappa shape index (κ1) is 24.0. The van der Waals surface area contributed by atoms with Gasteiger partial charge in [0.05, 0.1) is 19.4 Å². The summed E-state index contributed by atoms with van der Waals surface area (Å²) in [5, 5.41) is 3.34. The second-order valence-electron chi connectivity index (χ2n) is 7.34. The highest BCUT2D eigenvalue weighted by Gasteiger charge is 2.33. The number of amides is 1. The molecule has 1 aliphatic rings. The van der Waals surface area contributed by atoms with E-state index in [0.29, 0.717) is 41.2 Å². The van der Waals surface area contributed by atoms with Crippen LogP contribution in [0.1, 0.15) is 18.1 Å². The molecule has 3 aromatic rings. The minimum absolute atomic E-state index is 0.246. The number of nitrogens with one attached hydrogen (secondary N) is 1. The van der Waals surface area contributed by atoms with Crippen LogP contribution in [0.4, 0.5) is 5.69 Å². The molecule has 34 heavy (non-hydrogen) atoms. The van der Waals surface area contributed by atoms with Crippen molar-refractivity contribution in [3.8, 4) is 17.2 Å². The van der Waals surface area contributed by atoms with Gasteiger partial charge in [-0.2, -0.15) is 0 Å². The molecular weight excluding hydrogens is 563 g/mol. The number of anilines is 1. The molecule has 0 aromatic heterocycles. The number of carbonyl (C=O) groups excluding carboxylic acids is 1. The molecule has 1 heterocycles. The molecule has 0 bridgehead atoms. The number of hydrogen-bond donors (Lipinski definition) is 1. The standard InChI is InChI=1S/C26H23IN2O4S/c1-3-32-24-7-5-4-6-22(24)29-25(30)21(28-26(29)34)15-17-8-13-23(31-2)18(14-17)16-33-20-11-9-19(27)10-12-20/h4-15H,3,16H2,1-2H3,(H,28,34)/b21-15+. The number of rotatable bonds is 8. The fourth-order valence-corrected chi connectivity index (χ4v) is 4.18. The lowest BCUT2D eigenvalue weighted by Crippen LogP contribution is -2.30. The van der Waals surface area contributed by atoms with Crippen LogP contribution in [0.25, 0.3) is 6.08 Å². The van der Waals surface area contributed by atoms with E-state index in [1.807, 2.05) is 73.7 Å². The first-order chi connectivity index (χ1) is 16.5. The Morgan fingerprint density at radius 3 is 2.53 bits per heavy atom. The molecule has 4 rings (SSSR count). The van der Waals surface area contributed by atoms with Crippen LogP contribution in [0.5, 0.6) is 17.2 Å². The Hall–Kier alpha value is -3.11. The molecule has 3 aromatic carbocycles. The van der Waals surface area contributed by atoms with E-state index >= 15 is 0 Å². The molecule has 0 aliphatic carbocycles. The molecule has 8 heteroatoms. The molecule has 0 radical (unpaired) electrons. The van der Waals surface area contributed by atoms with Crippen molar-refractivity contribution in [2.24, 2.45) is 0 Å². The summed E-state index contributed by atoms with van der Waals surface area (Å²) in [4.78, 5) is 14.7. The maximum Gasteiger partial charge on any atom is 0.281 e. The second kappa shape index (κ2) is 10.9. The molecule has 174 valence electrons. The van der Waals surface area contributed by atoms with Gasteiger partial charge >= 0.3 is 0 Å². The van der Waals surface area contributed by atoms with Crippen LogP contribution in [0.2, 0.25) is 0 Å². The average molecular weight is 586 g/mol. The SMILES string of the molecule is CCOc1ccccc1N1C(=O)/C(=C\c2ccc(OC)c(COc3ccc(I)cc3)c2)NC1=S. The van der Waals surface area contributed by atoms with E-state index in [1.165, 1.54) is 4.90 Å². The quantitative estimate of drug-likeness (QED) is 0.213. The smallest absolute Gasteiger partial charge is 0.281 e. The topological polar surface area (TPSA) is 60.0 Å². The summed E-state index contributed by atoms with van der Waals surface area (Å²) in [6.45, 7) is 2.71. The number of carbonyl (C=O) groups is 1. The van der Waals surface area contributed by atoms with Gasteiger partial charge < -0.3 is 19.5 Å². The fraction of sp³-hybridized carbons (Fsp3) is 0.154. The van der Waals surface area contributed by atoms with Crippen LogP contribution >= 0.6 is 34.8 Å². The predicted molar refractivity (Wildman–Crippen MR) is 145 cm³/mol. The van der Waals surface area contributed by atoms with Crippen molar-refractivity contribution >= 4 is 57.6 Å². The highest BCUT2D eigenvalue weighted by atomic mass is 127. The summed E-state index contributed by atoms with van der Waals surface area (Å²) < 4.78 is 18.3. The van der Waals surface area contributed by atoms with E-state index in [0.717, 1.165) is 20.4 Å². The number of benzene rings is 3. The molecule has 1 N–H and O–H groups in total. The summed E-state index contributed by atoms with van der Waals surface area (Å²) in [5.74, 6) is 1.84. The van der Waals surface area contributed by atoms with Crippen LogP contribution in [0.15, 0.2) is 72.4 Å². The van der Waals surface area contributed by atoms with Crippen molar-refractivity contribution in [3.05, 3.63) is 87.1 Å². The Labute approximate surface area is 217 Å². The van der Waals surface area contributed by atoms with Gasteiger partial charge in [0.1, 0.15) is 29.6 Å². The van der Waals surface area contributed by atoms with Crippen molar-refractivity contribution < 1.29 is 19.0 Å². The zero-order valence-corrected chi connectivity index (χ0v) is 21.7. The Morgan fingerprint density at radius 1 is 1.03 bits per heavy atom. The highest BCUT2D eigenvalue weighted by molar-refractivity contribution is 14.1. The van der Waals surface area contributed by atoms with E-state index < -0.39 is 0 Å². The molecule has 1 amide bonds. The molecular formula is C26H23IN2O4S. The monoisotopic (exact) mass is 586 g/mol. The highest BCUT2D eigenvalue weighted by Crippen LogP contribution is 2.32. The number of hydrogen-bond acceptors (Lipinski definition) is 5. The van der Waals surface area contributed by atoms with E-state index in [2.05, 4.69) is 27.9 Å². The van der Waals surface area contributed by atoms with Gasteiger partial charge in [-0.15, -0.1) is 0 Å². The molecule has 0 spiro atoms. The molecule has 1 fully saturated rings. The molecule has 1 saturated heterocycles. The number of halogens is 1.